The lowest BCUT2D eigenvalue weighted by atomic mass is 9.97. The number of nitrogens with zero attached hydrogens (tertiary/aromatic N) is 2. The fraction of sp³-hybridized carbons (Fsp3) is 0.146. The summed E-state index contributed by atoms with van der Waals surface area (Å²) < 4.78 is 4.93. The van der Waals surface area contributed by atoms with E-state index in [4.69, 9.17) is 0 Å². The Kier molecular flexibility index (Phi) is 6.22. The fourth-order valence-corrected chi connectivity index (χ4v) is 7.50. The Bertz CT molecular complexity index is 2230. The Balaban J connectivity index is 1.27. The summed E-state index contributed by atoms with van der Waals surface area (Å²) in [6.45, 7) is 6.39. The Morgan fingerprint density at radius 3 is 2.23 bits per heavy atom. The number of benzene rings is 5. The first-order chi connectivity index (χ1) is 21.3. The Hall–Kier alpha value is -4.95. The van der Waals surface area contributed by atoms with Gasteiger partial charge in [-0.3, -0.25) is 0 Å². The van der Waals surface area contributed by atoms with E-state index in [1.54, 1.807) is 0 Å². The normalized spacial score (nSPS) is 16.5. The van der Waals surface area contributed by atoms with Gasteiger partial charge in [-0.25, -0.2) is 0 Å². The van der Waals surface area contributed by atoms with Crippen LogP contribution in [-0.2, 0) is 6.54 Å². The van der Waals surface area contributed by atoms with Crippen molar-refractivity contribution in [1.82, 2.24) is 4.57 Å². The topological polar surface area (TPSA) is 7.94 Å². The fourth-order valence-electron chi connectivity index (χ4n) is 7.50. The van der Waals surface area contributed by atoms with Gasteiger partial charge in [-0.15, -0.1) is 0 Å². The largest absolute Gasteiger partial charge is 0.341 e. The molecule has 8 rings (SSSR count). The zero-order valence-electron chi connectivity index (χ0n) is 24.8. The van der Waals surface area contributed by atoms with Gasteiger partial charge in [-0.2, -0.15) is 4.58 Å². The van der Waals surface area contributed by atoms with Crippen LogP contribution in [0, 0.1) is 0 Å². The first kappa shape index (κ1) is 25.7. The van der Waals surface area contributed by atoms with Crippen LogP contribution in [-0.4, -0.2) is 21.4 Å². The second kappa shape index (κ2) is 10.4. The minimum Gasteiger partial charge on any atom is -0.341 e. The van der Waals surface area contributed by atoms with Crippen molar-refractivity contribution in [2.45, 2.75) is 33.2 Å². The highest BCUT2D eigenvalue weighted by molar-refractivity contribution is 6.19. The van der Waals surface area contributed by atoms with Crippen LogP contribution in [0.3, 0.4) is 0 Å². The molecule has 1 aliphatic carbocycles. The van der Waals surface area contributed by atoms with Crippen molar-refractivity contribution in [3.63, 3.8) is 0 Å². The molecule has 1 aliphatic heterocycles. The van der Waals surface area contributed by atoms with Gasteiger partial charge in [0.05, 0.1) is 10.9 Å². The van der Waals surface area contributed by atoms with Crippen LogP contribution in [0.1, 0.15) is 37.8 Å². The summed E-state index contributed by atoms with van der Waals surface area (Å²) in [5.41, 5.74) is 10.8. The molecule has 2 nitrogen and oxygen atoms in total. The van der Waals surface area contributed by atoms with E-state index in [0.717, 1.165) is 25.9 Å². The molecule has 0 saturated heterocycles. The van der Waals surface area contributed by atoms with Crippen molar-refractivity contribution in [3.05, 3.63) is 149 Å². The summed E-state index contributed by atoms with van der Waals surface area (Å²) in [4.78, 5) is 0. The SMILES string of the molecule is CCn1/c(=C/C=C2CCC(/C=C/C3=[N+](CC)c4cccc5cccc3c45)=C2c2ccccc2)c2cccc3cccc1c32. The van der Waals surface area contributed by atoms with Gasteiger partial charge in [0.2, 0.25) is 11.4 Å². The van der Waals surface area contributed by atoms with E-state index in [1.165, 1.54) is 77.0 Å². The summed E-state index contributed by atoms with van der Waals surface area (Å²) in [5, 5.41) is 7.99. The van der Waals surface area contributed by atoms with E-state index in [2.05, 4.69) is 150 Å². The number of hydrogen-bond acceptors (Lipinski definition) is 0. The first-order valence-corrected chi connectivity index (χ1v) is 15.6. The molecule has 0 fully saturated rings. The van der Waals surface area contributed by atoms with Crippen LogP contribution in [0.5, 0.6) is 0 Å². The Morgan fingerprint density at radius 2 is 1.44 bits per heavy atom. The standard InChI is InChI=1S/C41H35N2/c1-3-42-35(33-18-8-14-29-16-10-20-37(42)40(29)33)26-24-31-22-23-32(39(31)28-12-6-5-7-13-28)25-27-36-34-19-9-15-30-17-11-21-38(41(30)34)43(36)4-2/h5-21,24-27H,3-4,22-23H2,1-2H3/q+1. The van der Waals surface area contributed by atoms with Crippen LogP contribution in [0.25, 0.3) is 44.1 Å². The van der Waals surface area contributed by atoms with Crippen LogP contribution in [0.4, 0.5) is 5.69 Å². The quantitative estimate of drug-likeness (QED) is 0.181. The number of rotatable bonds is 6. The third-order valence-electron chi connectivity index (χ3n) is 9.37. The monoisotopic (exact) mass is 555 g/mol. The zero-order chi connectivity index (χ0) is 28.9. The average Bonchev–Trinajstić information content (AvgIpc) is 3.71. The summed E-state index contributed by atoms with van der Waals surface area (Å²) in [7, 11) is 0. The predicted octanol–water partition coefficient (Wildman–Crippen LogP) is 9.36. The minimum absolute atomic E-state index is 0.944. The molecule has 0 amide bonds. The molecule has 0 radical (unpaired) electrons. The van der Waals surface area contributed by atoms with Crippen LogP contribution in [0.15, 0.2) is 133 Å². The third-order valence-corrected chi connectivity index (χ3v) is 9.37. The molecule has 2 heteroatoms. The van der Waals surface area contributed by atoms with Crippen molar-refractivity contribution in [3.8, 4) is 0 Å². The highest BCUT2D eigenvalue weighted by Crippen LogP contribution is 2.40. The summed E-state index contributed by atoms with van der Waals surface area (Å²) in [6.07, 6.45) is 11.6. The maximum absolute atomic E-state index is 2.46. The maximum atomic E-state index is 2.46. The molecular formula is C41H35N2+. The second-order valence-corrected chi connectivity index (χ2v) is 11.6. The molecule has 0 saturated carbocycles. The maximum Gasteiger partial charge on any atom is 0.214 e. The first-order valence-electron chi connectivity index (χ1n) is 15.6. The van der Waals surface area contributed by atoms with E-state index in [9.17, 15) is 0 Å². The average molecular weight is 556 g/mol. The molecule has 6 aromatic rings. The van der Waals surface area contributed by atoms with Gasteiger partial charge in [-0.1, -0.05) is 97.1 Å². The second-order valence-electron chi connectivity index (χ2n) is 11.6. The number of aryl methyl sites for hydroxylation is 1. The third kappa shape index (κ3) is 4.05. The van der Waals surface area contributed by atoms with Gasteiger partial charge >= 0.3 is 0 Å². The lowest BCUT2D eigenvalue weighted by Gasteiger charge is -2.08. The molecule has 0 bridgehead atoms. The number of allylic oxidation sites excluding steroid dienone is 6. The molecule has 2 heterocycles. The van der Waals surface area contributed by atoms with Crippen molar-refractivity contribution in [2.24, 2.45) is 0 Å². The highest BCUT2D eigenvalue weighted by atomic mass is 15.0. The molecule has 2 aliphatic rings. The molecular weight excluding hydrogens is 520 g/mol. The lowest BCUT2D eigenvalue weighted by molar-refractivity contribution is -0.430. The smallest absolute Gasteiger partial charge is 0.214 e. The van der Waals surface area contributed by atoms with E-state index in [-0.39, 0.29) is 0 Å². The van der Waals surface area contributed by atoms with Gasteiger partial charge in [-0.05, 0) is 78.0 Å². The molecule has 5 aromatic carbocycles. The molecule has 1 aromatic heterocycles. The highest BCUT2D eigenvalue weighted by Gasteiger charge is 2.29. The van der Waals surface area contributed by atoms with Crippen LogP contribution < -0.4 is 5.35 Å². The van der Waals surface area contributed by atoms with Crippen molar-refractivity contribution >= 4 is 55.5 Å². The predicted molar refractivity (Wildman–Crippen MR) is 183 cm³/mol. The van der Waals surface area contributed by atoms with Gasteiger partial charge in [0.25, 0.3) is 0 Å². The van der Waals surface area contributed by atoms with Gasteiger partial charge in [0.15, 0.2) is 0 Å². The van der Waals surface area contributed by atoms with Crippen LogP contribution >= 0.6 is 0 Å². The molecule has 0 atom stereocenters. The van der Waals surface area contributed by atoms with E-state index < -0.39 is 0 Å². The molecule has 0 unspecified atom stereocenters. The molecule has 0 N–H and O–H groups in total. The van der Waals surface area contributed by atoms with E-state index >= 15 is 0 Å². The lowest BCUT2D eigenvalue weighted by Crippen LogP contribution is -2.14. The summed E-state index contributed by atoms with van der Waals surface area (Å²) in [5.74, 6) is 0. The van der Waals surface area contributed by atoms with Crippen LogP contribution in [0.2, 0.25) is 0 Å². The van der Waals surface area contributed by atoms with Gasteiger partial charge in [0.1, 0.15) is 6.54 Å². The number of aromatic nitrogens is 1. The Morgan fingerprint density at radius 1 is 0.698 bits per heavy atom. The van der Waals surface area contributed by atoms with Gasteiger partial charge < -0.3 is 4.57 Å². The minimum atomic E-state index is 0.944. The molecule has 43 heavy (non-hydrogen) atoms. The summed E-state index contributed by atoms with van der Waals surface area (Å²) in [6, 6.07) is 37.7. The number of hydrogen-bond donors (Lipinski definition) is 0. The van der Waals surface area contributed by atoms with Crippen molar-refractivity contribution in [1.29, 1.82) is 0 Å². The van der Waals surface area contributed by atoms with Crippen molar-refractivity contribution in [2.75, 3.05) is 6.54 Å². The van der Waals surface area contributed by atoms with E-state index in [1.807, 2.05) is 0 Å². The molecule has 208 valence electrons. The summed E-state index contributed by atoms with van der Waals surface area (Å²) >= 11 is 0. The zero-order valence-corrected chi connectivity index (χ0v) is 24.8. The molecule has 0 spiro atoms. The van der Waals surface area contributed by atoms with E-state index in [0.29, 0.717) is 0 Å². The Labute approximate surface area is 252 Å². The van der Waals surface area contributed by atoms with Gasteiger partial charge in [0, 0.05) is 40.3 Å². The van der Waals surface area contributed by atoms with Crippen molar-refractivity contribution < 1.29 is 4.58 Å².